The molecule has 3 rings (SSSR count). The number of para-hydroxylation sites is 2. The van der Waals surface area contributed by atoms with E-state index in [-0.39, 0.29) is 28.7 Å². The number of esters is 1. The average Bonchev–Trinajstić information content (AvgIpc) is 3.04. The van der Waals surface area contributed by atoms with Crippen molar-refractivity contribution in [2.24, 2.45) is 0 Å². The van der Waals surface area contributed by atoms with E-state index < -0.39 is 5.97 Å². The maximum absolute atomic E-state index is 12.9. The summed E-state index contributed by atoms with van der Waals surface area (Å²) in [6.07, 6.45) is 0. The first-order chi connectivity index (χ1) is 12.1. The predicted molar refractivity (Wildman–Crippen MR) is 94.8 cm³/mol. The van der Waals surface area contributed by atoms with Gasteiger partial charge < -0.3 is 14.8 Å². The van der Waals surface area contributed by atoms with E-state index in [1.54, 1.807) is 18.2 Å². The van der Waals surface area contributed by atoms with Gasteiger partial charge in [0.2, 0.25) is 0 Å². The molecule has 0 bridgehead atoms. The molecule has 0 saturated carbocycles. The number of hydrogen-bond acceptors (Lipinski definition) is 5. The SMILES string of the molecule is COC(=O)C(=C(O)CSc1ccc(F)cc1)c1nc2ccccc2[nH]1. The van der Waals surface area contributed by atoms with Crippen LogP contribution in [0.2, 0.25) is 0 Å². The highest BCUT2D eigenvalue weighted by Crippen LogP contribution is 2.25. The summed E-state index contributed by atoms with van der Waals surface area (Å²) in [5, 5.41) is 10.4. The Bertz CT molecular complexity index is 902. The first-order valence-electron chi connectivity index (χ1n) is 7.42. The number of benzene rings is 2. The number of aromatic amines is 1. The lowest BCUT2D eigenvalue weighted by Crippen LogP contribution is -2.09. The van der Waals surface area contributed by atoms with Gasteiger partial charge in [0.15, 0.2) is 0 Å². The zero-order valence-corrected chi connectivity index (χ0v) is 14.1. The third-order valence-electron chi connectivity index (χ3n) is 3.49. The van der Waals surface area contributed by atoms with Crippen molar-refractivity contribution in [3.05, 3.63) is 65.9 Å². The van der Waals surface area contributed by atoms with Crippen molar-refractivity contribution in [3.8, 4) is 0 Å². The minimum Gasteiger partial charge on any atom is -0.510 e. The van der Waals surface area contributed by atoms with Gasteiger partial charge in [-0.1, -0.05) is 12.1 Å². The number of H-pyrrole nitrogens is 1. The standard InChI is InChI=1S/C18H15FN2O3S/c1-24-18(23)16(17-20-13-4-2-3-5-14(13)21-17)15(22)10-25-12-8-6-11(19)7-9-12/h2-9,22H,10H2,1H3,(H,20,21). The monoisotopic (exact) mass is 358 g/mol. The predicted octanol–water partition coefficient (Wildman–Crippen LogP) is 3.94. The van der Waals surface area contributed by atoms with Crippen molar-refractivity contribution in [1.82, 2.24) is 9.97 Å². The second-order valence-corrected chi connectivity index (χ2v) is 6.21. The van der Waals surface area contributed by atoms with Gasteiger partial charge in [-0.15, -0.1) is 11.8 Å². The maximum atomic E-state index is 12.9. The van der Waals surface area contributed by atoms with Crippen molar-refractivity contribution in [2.75, 3.05) is 12.9 Å². The number of methoxy groups -OCH3 is 1. The van der Waals surface area contributed by atoms with Gasteiger partial charge in [-0.25, -0.2) is 14.2 Å². The number of nitrogens with one attached hydrogen (secondary N) is 1. The normalized spacial score (nSPS) is 12.1. The molecule has 0 unspecified atom stereocenters. The summed E-state index contributed by atoms with van der Waals surface area (Å²) in [5.41, 5.74) is 1.41. The van der Waals surface area contributed by atoms with Gasteiger partial charge in [-0.2, -0.15) is 0 Å². The summed E-state index contributed by atoms with van der Waals surface area (Å²) < 4.78 is 17.7. The van der Waals surface area contributed by atoms with E-state index in [1.807, 2.05) is 18.2 Å². The molecule has 0 aliphatic rings. The number of carbonyl (C=O) groups is 1. The zero-order valence-electron chi connectivity index (χ0n) is 13.3. The summed E-state index contributed by atoms with van der Waals surface area (Å²) in [4.78, 5) is 20.2. The lowest BCUT2D eigenvalue weighted by molar-refractivity contribution is -0.133. The highest BCUT2D eigenvalue weighted by atomic mass is 32.2. The first kappa shape index (κ1) is 17.0. The van der Waals surface area contributed by atoms with Gasteiger partial charge >= 0.3 is 5.97 Å². The van der Waals surface area contributed by atoms with Crippen LogP contribution in [0.3, 0.4) is 0 Å². The molecular weight excluding hydrogens is 343 g/mol. The molecule has 2 N–H and O–H groups in total. The zero-order chi connectivity index (χ0) is 17.8. The number of imidazole rings is 1. The minimum atomic E-state index is -0.684. The summed E-state index contributed by atoms with van der Waals surface area (Å²) in [6, 6.07) is 13.2. The van der Waals surface area contributed by atoms with Crippen molar-refractivity contribution in [3.63, 3.8) is 0 Å². The lowest BCUT2D eigenvalue weighted by Gasteiger charge is -2.07. The number of rotatable bonds is 5. The molecule has 1 heterocycles. The molecule has 7 heteroatoms. The van der Waals surface area contributed by atoms with Crippen LogP contribution >= 0.6 is 11.8 Å². The fourth-order valence-corrected chi connectivity index (χ4v) is 3.06. The van der Waals surface area contributed by atoms with Crippen LogP contribution in [0.15, 0.2) is 59.2 Å². The third kappa shape index (κ3) is 3.83. The van der Waals surface area contributed by atoms with Crippen molar-refractivity contribution in [2.45, 2.75) is 4.90 Å². The van der Waals surface area contributed by atoms with E-state index in [0.717, 1.165) is 10.4 Å². The van der Waals surface area contributed by atoms with Gasteiger partial charge in [0, 0.05) is 4.90 Å². The molecule has 0 amide bonds. The van der Waals surface area contributed by atoms with Gasteiger partial charge in [-0.05, 0) is 36.4 Å². The molecule has 0 aliphatic carbocycles. The van der Waals surface area contributed by atoms with E-state index in [9.17, 15) is 14.3 Å². The number of ether oxygens (including phenoxy) is 1. The molecule has 1 aromatic heterocycles. The van der Waals surface area contributed by atoms with Crippen LogP contribution in [0, 0.1) is 5.82 Å². The topological polar surface area (TPSA) is 75.2 Å². The van der Waals surface area contributed by atoms with E-state index in [1.165, 1.54) is 31.0 Å². The average molecular weight is 358 g/mol. The number of nitrogens with zero attached hydrogens (tertiary/aromatic N) is 1. The molecule has 25 heavy (non-hydrogen) atoms. The number of halogens is 1. The van der Waals surface area contributed by atoms with Crippen LogP contribution in [0.5, 0.6) is 0 Å². The Morgan fingerprint density at radius 3 is 2.64 bits per heavy atom. The van der Waals surface area contributed by atoms with Crippen LogP contribution in [0.4, 0.5) is 4.39 Å². The van der Waals surface area contributed by atoms with E-state index in [4.69, 9.17) is 4.74 Å². The van der Waals surface area contributed by atoms with Crippen molar-refractivity contribution in [1.29, 1.82) is 0 Å². The molecule has 0 spiro atoms. The number of aromatic nitrogens is 2. The number of carbonyl (C=O) groups excluding carboxylic acids is 1. The Hall–Kier alpha value is -2.80. The Morgan fingerprint density at radius 2 is 1.96 bits per heavy atom. The number of fused-ring (bicyclic) bond motifs is 1. The minimum absolute atomic E-state index is 0.0201. The number of aliphatic hydroxyl groups is 1. The smallest absolute Gasteiger partial charge is 0.345 e. The Morgan fingerprint density at radius 1 is 1.24 bits per heavy atom. The molecule has 128 valence electrons. The lowest BCUT2D eigenvalue weighted by atomic mass is 10.2. The van der Waals surface area contributed by atoms with Gasteiger partial charge in [0.1, 0.15) is 23.0 Å². The summed E-state index contributed by atoms with van der Waals surface area (Å²) >= 11 is 1.27. The fourth-order valence-electron chi connectivity index (χ4n) is 2.28. The first-order valence-corrected chi connectivity index (χ1v) is 8.41. The number of thioether (sulfide) groups is 1. The quantitative estimate of drug-likeness (QED) is 0.313. The van der Waals surface area contributed by atoms with Crippen molar-refractivity contribution < 1.29 is 19.0 Å². The molecule has 0 fully saturated rings. The van der Waals surface area contributed by atoms with Crippen LogP contribution in [-0.4, -0.2) is 33.9 Å². The van der Waals surface area contributed by atoms with Crippen LogP contribution in [-0.2, 0) is 9.53 Å². The number of aliphatic hydroxyl groups excluding tert-OH is 1. The molecular formula is C18H15FN2O3S. The van der Waals surface area contributed by atoms with Crippen LogP contribution in [0.25, 0.3) is 16.6 Å². The Balaban J connectivity index is 1.91. The maximum Gasteiger partial charge on any atom is 0.345 e. The van der Waals surface area contributed by atoms with Gasteiger partial charge in [0.25, 0.3) is 0 Å². The summed E-state index contributed by atoms with van der Waals surface area (Å²) in [5.74, 6) is -0.823. The molecule has 2 aromatic carbocycles. The van der Waals surface area contributed by atoms with Gasteiger partial charge in [-0.3, -0.25) is 0 Å². The summed E-state index contributed by atoms with van der Waals surface area (Å²) in [7, 11) is 1.24. The molecule has 0 radical (unpaired) electrons. The highest BCUT2D eigenvalue weighted by Gasteiger charge is 2.22. The second-order valence-electron chi connectivity index (χ2n) is 5.16. The fraction of sp³-hybridized carbons (Fsp3) is 0.111. The molecule has 0 aliphatic heterocycles. The van der Waals surface area contributed by atoms with Gasteiger partial charge in [0.05, 0.1) is 23.9 Å². The molecule has 5 nitrogen and oxygen atoms in total. The third-order valence-corrected chi connectivity index (χ3v) is 4.52. The van der Waals surface area contributed by atoms with E-state index >= 15 is 0 Å². The highest BCUT2D eigenvalue weighted by molar-refractivity contribution is 7.99. The van der Waals surface area contributed by atoms with Crippen molar-refractivity contribution >= 4 is 34.3 Å². The Kier molecular flexibility index (Phi) is 5.04. The molecule has 3 aromatic rings. The number of hydrogen-bond donors (Lipinski definition) is 2. The largest absolute Gasteiger partial charge is 0.510 e. The van der Waals surface area contributed by atoms with Crippen LogP contribution < -0.4 is 0 Å². The summed E-state index contributed by atoms with van der Waals surface area (Å²) in [6.45, 7) is 0. The Labute approximate surface area is 147 Å². The van der Waals surface area contributed by atoms with E-state index in [2.05, 4.69) is 9.97 Å². The second kappa shape index (κ2) is 7.40. The molecule has 0 saturated heterocycles. The van der Waals surface area contributed by atoms with E-state index in [0.29, 0.717) is 5.52 Å². The molecule has 0 atom stereocenters. The van der Waals surface area contributed by atoms with Crippen LogP contribution in [0.1, 0.15) is 5.82 Å².